The highest BCUT2D eigenvalue weighted by molar-refractivity contribution is 9.10. The fourth-order valence-electron chi connectivity index (χ4n) is 1.64. The summed E-state index contributed by atoms with van der Waals surface area (Å²) in [7, 11) is 0. The summed E-state index contributed by atoms with van der Waals surface area (Å²) in [5, 5.41) is 9.71. The molecule has 1 aromatic carbocycles. The summed E-state index contributed by atoms with van der Waals surface area (Å²) in [6, 6.07) is 9.70. The molecule has 0 spiro atoms. The van der Waals surface area contributed by atoms with Crippen molar-refractivity contribution in [2.45, 2.75) is 19.1 Å². The van der Waals surface area contributed by atoms with Crippen molar-refractivity contribution in [3.63, 3.8) is 0 Å². The van der Waals surface area contributed by atoms with E-state index in [9.17, 15) is 13.2 Å². The molecule has 1 unspecified atom stereocenters. The van der Waals surface area contributed by atoms with Gasteiger partial charge in [0.05, 0.1) is 6.04 Å². The third-order valence-corrected chi connectivity index (χ3v) is 3.16. The van der Waals surface area contributed by atoms with Crippen molar-refractivity contribution in [3.8, 4) is 0 Å². The Morgan fingerprint density at radius 1 is 1.15 bits per heavy atom. The minimum absolute atomic E-state index is 0.0986. The predicted molar refractivity (Wildman–Crippen MR) is 73.2 cm³/mol. The lowest BCUT2D eigenvalue weighted by molar-refractivity contribution is -0.141. The quantitative estimate of drug-likeness (QED) is 0.893. The second-order valence-corrected chi connectivity index (χ2v) is 5.14. The van der Waals surface area contributed by atoms with Gasteiger partial charge in [0.2, 0.25) is 0 Å². The van der Waals surface area contributed by atoms with Crippen LogP contribution < -0.4 is 5.32 Å². The van der Waals surface area contributed by atoms with Crippen LogP contribution in [0.15, 0.2) is 40.9 Å². The monoisotopic (exact) mass is 345 g/mol. The van der Waals surface area contributed by atoms with Crippen molar-refractivity contribution in [2.24, 2.45) is 0 Å². The van der Waals surface area contributed by atoms with Crippen LogP contribution in [0.3, 0.4) is 0 Å². The van der Waals surface area contributed by atoms with E-state index in [2.05, 4.69) is 31.4 Å². The zero-order chi connectivity index (χ0) is 14.8. The Morgan fingerprint density at radius 2 is 1.90 bits per heavy atom. The molecule has 0 fully saturated rings. The van der Waals surface area contributed by atoms with Crippen LogP contribution in [-0.4, -0.2) is 10.2 Å². The largest absolute Gasteiger partial charge is 0.435 e. The number of anilines is 1. The molecule has 1 heterocycles. The second-order valence-electron chi connectivity index (χ2n) is 4.22. The Morgan fingerprint density at radius 3 is 2.45 bits per heavy atom. The predicted octanol–water partition coefficient (Wildman–Crippen LogP) is 4.43. The third kappa shape index (κ3) is 3.69. The molecule has 1 atom stereocenters. The maximum atomic E-state index is 12.4. The number of rotatable bonds is 3. The highest BCUT2D eigenvalue weighted by Crippen LogP contribution is 2.27. The standard InChI is InChI=1S/C13H11BrF3N3/c1-8(9-3-2-4-10(14)7-9)18-12-6-5-11(19-20-12)13(15,16)17/h2-8H,1H3,(H,18,20). The molecule has 7 heteroatoms. The van der Waals surface area contributed by atoms with Crippen molar-refractivity contribution in [2.75, 3.05) is 5.32 Å². The summed E-state index contributed by atoms with van der Waals surface area (Å²) >= 11 is 3.37. The second kappa shape index (κ2) is 5.78. The van der Waals surface area contributed by atoms with Crippen LogP contribution in [0.4, 0.5) is 19.0 Å². The maximum absolute atomic E-state index is 12.4. The van der Waals surface area contributed by atoms with Gasteiger partial charge in [0, 0.05) is 4.47 Å². The van der Waals surface area contributed by atoms with Gasteiger partial charge in [0.15, 0.2) is 5.69 Å². The molecule has 3 nitrogen and oxygen atoms in total. The highest BCUT2D eigenvalue weighted by Gasteiger charge is 2.32. The van der Waals surface area contributed by atoms with Gasteiger partial charge in [0.1, 0.15) is 5.82 Å². The molecular weight excluding hydrogens is 335 g/mol. The number of nitrogens with one attached hydrogen (secondary N) is 1. The molecule has 106 valence electrons. The van der Waals surface area contributed by atoms with Crippen molar-refractivity contribution in [3.05, 3.63) is 52.1 Å². The van der Waals surface area contributed by atoms with E-state index < -0.39 is 11.9 Å². The average molecular weight is 346 g/mol. The molecule has 0 saturated carbocycles. The first-order chi connectivity index (χ1) is 9.36. The molecule has 1 aromatic heterocycles. The summed E-state index contributed by atoms with van der Waals surface area (Å²) in [5.41, 5.74) is -0.0146. The number of hydrogen-bond donors (Lipinski definition) is 1. The lowest BCUT2D eigenvalue weighted by Gasteiger charge is -2.15. The zero-order valence-corrected chi connectivity index (χ0v) is 12.0. The molecule has 0 amide bonds. The summed E-state index contributed by atoms with van der Waals surface area (Å²) in [6.45, 7) is 1.89. The van der Waals surface area contributed by atoms with Gasteiger partial charge >= 0.3 is 6.18 Å². The minimum Gasteiger partial charge on any atom is -0.362 e. The first kappa shape index (κ1) is 14.8. The van der Waals surface area contributed by atoms with Crippen molar-refractivity contribution in [1.29, 1.82) is 0 Å². The van der Waals surface area contributed by atoms with Crippen LogP contribution in [0.5, 0.6) is 0 Å². The minimum atomic E-state index is -4.47. The SMILES string of the molecule is CC(Nc1ccc(C(F)(F)F)nn1)c1cccc(Br)c1. The van der Waals surface area contributed by atoms with Gasteiger partial charge in [-0.2, -0.15) is 13.2 Å². The summed E-state index contributed by atoms with van der Waals surface area (Å²) in [6.07, 6.45) is -4.47. The Kier molecular flexibility index (Phi) is 4.27. The Hall–Kier alpha value is -1.63. The van der Waals surface area contributed by atoms with Crippen molar-refractivity contribution >= 4 is 21.7 Å². The molecule has 0 bridgehead atoms. The number of aromatic nitrogens is 2. The molecule has 1 N–H and O–H groups in total. The topological polar surface area (TPSA) is 37.8 Å². The van der Waals surface area contributed by atoms with E-state index in [0.29, 0.717) is 5.82 Å². The van der Waals surface area contributed by atoms with Gasteiger partial charge in [-0.05, 0) is 36.8 Å². The molecule has 0 saturated heterocycles. The van der Waals surface area contributed by atoms with Crippen molar-refractivity contribution in [1.82, 2.24) is 10.2 Å². The fraction of sp³-hybridized carbons (Fsp3) is 0.231. The zero-order valence-electron chi connectivity index (χ0n) is 10.4. The van der Waals surface area contributed by atoms with E-state index in [4.69, 9.17) is 0 Å². The van der Waals surface area contributed by atoms with Crippen LogP contribution in [0, 0.1) is 0 Å². The van der Waals surface area contributed by atoms with Crippen LogP contribution >= 0.6 is 15.9 Å². The Balaban J connectivity index is 2.10. The van der Waals surface area contributed by atoms with Gasteiger partial charge < -0.3 is 5.32 Å². The van der Waals surface area contributed by atoms with E-state index in [1.807, 2.05) is 31.2 Å². The number of halogens is 4. The average Bonchev–Trinajstić information content (AvgIpc) is 2.38. The lowest BCUT2D eigenvalue weighted by Crippen LogP contribution is -2.12. The summed E-state index contributed by atoms with van der Waals surface area (Å²) in [4.78, 5) is 0. The first-order valence-electron chi connectivity index (χ1n) is 5.79. The molecule has 0 aliphatic carbocycles. The van der Waals surface area contributed by atoms with Crippen LogP contribution in [0.25, 0.3) is 0 Å². The van der Waals surface area contributed by atoms with E-state index in [-0.39, 0.29) is 6.04 Å². The van der Waals surface area contributed by atoms with E-state index in [1.165, 1.54) is 6.07 Å². The van der Waals surface area contributed by atoms with E-state index in [1.54, 1.807) is 0 Å². The number of hydrogen-bond acceptors (Lipinski definition) is 3. The highest BCUT2D eigenvalue weighted by atomic mass is 79.9. The van der Waals surface area contributed by atoms with Gasteiger partial charge in [-0.3, -0.25) is 0 Å². The smallest absolute Gasteiger partial charge is 0.362 e. The molecule has 2 rings (SSSR count). The fourth-order valence-corrected chi connectivity index (χ4v) is 2.06. The maximum Gasteiger partial charge on any atom is 0.435 e. The third-order valence-electron chi connectivity index (χ3n) is 2.67. The van der Waals surface area contributed by atoms with Gasteiger partial charge in [-0.15, -0.1) is 10.2 Å². The molecule has 0 aliphatic heterocycles. The van der Waals surface area contributed by atoms with Crippen LogP contribution in [0.2, 0.25) is 0 Å². The van der Waals surface area contributed by atoms with Gasteiger partial charge in [-0.1, -0.05) is 28.1 Å². The van der Waals surface area contributed by atoms with E-state index in [0.717, 1.165) is 16.1 Å². The molecule has 0 aliphatic rings. The molecular formula is C13H11BrF3N3. The van der Waals surface area contributed by atoms with Crippen LogP contribution in [0.1, 0.15) is 24.2 Å². The number of benzene rings is 1. The first-order valence-corrected chi connectivity index (χ1v) is 6.58. The lowest BCUT2D eigenvalue weighted by atomic mass is 10.1. The van der Waals surface area contributed by atoms with Gasteiger partial charge in [-0.25, -0.2) is 0 Å². The summed E-state index contributed by atoms with van der Waals surface area (Å²) < 4.78 is 38.0. The molecule has 0 radical (unpaired) electrons. The molecule has 20 heavy (non-hydrogen) atoms. The number of nitrogens with zero attached hydrogens (tertiary/aromatic N) is 2. The molecule has 2 aromatic rings. The Bertz CT molecular complexity index is 584. The number of alkyl halides is 3. The summed E-state index contributed by atoms with van der Waals surface area (Å²) in [5.74, 6) is 0.297. The van der Waals surface area contributed by atoms with Gasteiger partial charge in [0.25, 0.3) is 0 Å². The van der Waals surface area contributed by atoms with Crippen LogP contribution in [-0.2, 0) is 6.18 Å². The Labute approximate surface area is 122 Å². The van der Waals surface area contributed by atoms with Crippen molar-refractivity contribution < 1.29 is 13.2 Å². The van der Waals surface area contributed by atoms with E-state index >= 15 is 0 Å². The normalized spacial score (nSPS) is 13.1.